The number of hydrogen-bond acceptors (Lipinski definition) is 5. The van der Waals surface area contributed by atoms with E-state index in [1.54, 1.807) is 18.2 Å². The molecule has 8 heteroatoms. The van der Waals surface area contributed by atoms with Gasteiger partial charge in [0.2, 0.25) is 10.0 Å². The summed E-state index contributed by atoms with van der Waals surface area (Å²) in [6, 6.07) is 7.84. The number of hydrogen-bond donors (Lipinski definition) is 3. The highest BCUT2D eigenvalue weighted by Gasteiger charge is 2.21. The Morgan fingerprint density at radius 1 is 1.21 bits per heavy atom. The number of carboxylic acids is 1. The summed E-state index contributed by atoms with van der Waals surface area (Å²) in [5.41, 5.74) is 0.242. The van der Waals surface area contributed by atoms with Crippen LogP contribution in [0.25, 0.3) is 0 Å². The summed E-state index contributed by atoms with van der Waals surface area (Å²) < 4.78 is 24.9. The molecule has 1 atom stereocenters. The fourth-order valence-electron chi connectivity index (χ4n) is 1.22. The summed E-state index contributed by atoms with van der Waals surface area (Å²) in [7, 11) is -3.98. The third-order valence-electron chi connectivity index (χ3n) is 2.20. The maximum absolute atomic E-state index is 11.6. The van der Waals surface area contributed by atoms with Gasteiger partial charge in [-0.25, -0.2) is 17.9 Å². The van der Waals surface area contributed by atoms with Gasteiger partial charge in [0.1, 0.15) is 5.75 Å². The molecule has 1 rings (SSSR count). The van der Waals surface area contributed by atoms with Crippen LogP contribution in [0.5, 0.6) is 0 Å². The van der Waals surface area contributed by atoms with Gasteiger partial charge in [0.25, 0.3) is 0 Å². The standard InChI is InChI=1S/C11H13NO6S/c13-9(11(15)16)6-12-19(17,18)7-10(14)8-4-2-1-3-5-8/h1-5,9,12-13H,6-7H2,(H,15,16)/t9-/m0/s1. The minimum absolute atomic E-state index is 0.242. The highest BCUT2D eigenvalue weighted by Crippen LogP contribution is 2.02. The van der Waals surface area contributed by atoms with Gasteiger partial charge in [0.15, 0.2) is 11.9 Å². The molecule has 0 saturated carbocycles. The van der Waals surface area contributed by atoms with Gasteiger partial charge in [-0.3, -0.25) is 4.79 Å². The van der Waals surface area contributed by atoms with Crippen LogP contribution in [0.4, 0.5) is 0 Å². The Kier molecular flexibility index (Phi) is 5.16. The van der Waals surface area contributed by atoms with Crippen molar-refractivity contribution >= 4 is 21.8 Å². The summed E-state index contributed by atoms with van der Waals surface area (Å²) in [6.45, 7) is -0.681. The topological polar surface area (TPSA) is 121 Å². The van der Waals surface area contributed by atoms with Gasteiger partial charge in [0, 0.05) is 12.1 Å². The Hall–Kier alpha value is -1.77. The number of benzene rings is 1. The van der Waals surface area contributed by atoms with E-state index in [1.807, 2.05) is 4.72 Å². The summed E-state index contributed by atoms with van der Waals surface area (Å²) in [5.74, 6) is -2.96. The maximum Gasteiger partial charge on any atom is 0.333 e. The van der Waals surface area contributed by atoms with Gasteiger partial charge in [-0.2, -0.15) is 0 Å². The van der Waals surface area contributed by atoms with Crippen molar-refractivity contribution in [3.8, 4) is 0 Å². The van der Waals surface area contributed by atoms with Crippen LogP contribution in [-0.4, -0.2) is 48.8 Å². The second-order valence-electron chi connectivity index (χ2n) is 3.75. The third kappa shape index (κ3) is 5.16. The first-order chi connectivity index (χ1) is 8.82. The van der Waals surface area contributed by atoms with Crippen LogP contribution >= 0.6 is 0 Å². The Labute approximate surface area is 109 Å². The molecular formula is C11H13NO6S. The summed E-state index contributed by atoms with van der Waals surface area (Å²) in [6.07, 6.45) is -1.85. The molecule has 0 aromatic heterocycles. The van der Waals surface area contributed by atoms with Gasteiger partial charge < -0.3 is 10.2 Å². The van der Waals surface area contributed by atoms with Crippen molar-refractivity contribution in [3.05, 3.63) is 35.9 Å². The Morgan fingerprint density at radius 3 is 2.32 bits per heavy atom. The van der Waals surface area contributed by atoms with E-state index >= 15 is 0 Å². The van der Waals surface area contributed by atoms with Crippen molar-refractivity contribution in [3.63, 3.8) is 0 Å². The van der Waals surface area contributed by atoms with Crippen molar-refractivity contribution in [1.82, 2.24) is 4.72 Å². The highest BCUT2D eigenvalue weighted by atomic mass is 32.2. The summed E-state index contributed by atoms with van der Waals surface area (Å²) in [5, 5.41) is 17.3. The van der Waals surface area contributed by atoms with Crippen LogP contribution in [0.2, 0.25) is 0 Å². The molecule has 104 valence electrons. The Bertz CT molecular complexity index is 554. The first-order valence-corrected chi connectivity index (χ1v) is 6.93. The molecule has 0 amide bonds. The fourth-order valence-corrected chi connectivity index (χ4v) is 2.25. The second-order valence-corrected chi connectivity index (χ2v) is 5.56. The monoisotopic (exact) mass is 287 g/mol. The molecule has 1 aromatic rings. The van der Waals surface area contributed by atoms with E-state index < -0.39 is 40.2 Å². The molecule has 1 aromatic carbocycles. The molecule has 0 spiro atoms. The molecule has 0 unspecified atom stereocenters. The number of aliphatic hydroxyl groups is 1. The summed E-state index contributed by atoms with van der Waals surface area (Å²) in [4.78, 5) is 21.9. The van der Waals surface area contributed by atoms with Crippen LogP contribution in [0.3, 0.4) is 0 Å². The van der Waals surface area contributed by atoms with Gasteiger partial charge in [-0.05, 0) is 0 Å². The SMILES string of the molecule is O=C(CS(=O)(=O)NC[C@H](O)C(=O)O)c1ccccc1. The number of Topliss-reactive ketones (excluding diaryl/α,β-unsaturated/α-hetero) is 1. The lowest BCUT2D eigenvalue weighted by Gasteiger charge is -2.08. The summed E-state index contributed by atoms with van der Waals surface area (Å²) >= 11 is 0. The van der Waals surface area contributed by atoms with Crippen LogP contribution in [-0.2, 0) is 14.8 Å². The van der Waals surface area contributed by atoms with E-state index in [0.717, 1.165) is 0 Å². The number of nitrogens with one attached hydrogen (secondary N) is 1. The third-order valence-corrected chi connectivity index (χ3v) is 3.45. The van der Waals surface area contributed by atoms with Crippen molar-refractivity contribution in [2.45, 2.75) is 6.10 Å². The first-order valence-electron chi connectivity index (χ1n) is 5.28. The van der Waals surface area contributed by atoms with Crippen LogP contribution in [0.15, 0.2) is 30.3 Å². The normalized spacial score (nSPS) is 12.9. The molecule has 0 radical (unpaired) electrons. The molecule has 7 nitrogen and oxygen atoms in total. The molecular weight excluding hydrogens is 274 g/mol. The zero-order valence-corrected chi connectivity index (χ0v) is 10.6. The van der Waals surface area contributed by atoms with E-state index in [4.69, 9.17) is 10.2 Å². The Morgan fingerprint density at radius 2 is 1.79 bits per heavy atom. The van der Waals surface area contributed by atoms with Crippen molar-refractivity contribution < 1.29 is 28.2 Å². The minimum atomic E-state index is -3.98. The zero-order valence-electron chi connectivity index (χ0n) is 9.81. The number of carbonyl (C=O) groups excluding carboxylic acids is 1. The van der Waals surface area contributed by atoms with E-state index in [0.29, 0.717) is 0 Å². The lowest BCUT2D eigenvalue weighted by atomic mass is 10.2. The van der Waals surface area contributed by atoms with E-state index in [1.165, 1.54) is 12.1 Å². The zero-order chi connectivity index (χ0) is 14.5. The van der Waals surface area contributed by atoms with E-state index in [2.05, 4.69) is 0 Å². The van der Waals surface area contributed by atoms with Crippen LogP contribution in [0, 0.1) is 0 Å². The fraction of sp³-hybridized carbons (Fsp3) is 0.273. The van der Waals surface area contributed by atoms with Gasteiger partial charge in [-0.15, -0.1) is 0 Å². The van der Waals surface area contributed by atoms with Crippen molar-refractivity contribution in [2.75, 3.05) is 12.3 Å². The lowest BCUT2D eigenvalue weighted by Crippen LogP contribution is -2.38. The van der Waals surface area contributed by atoms with Crippen molar-refractivity contribution in [2.24, 2.45) is 0 Å². The minimum Gasteiger partial charge on any atom is -0.479 e. The van der Waals surface area contributed by atoms with Gasteiger partial charge in [-0.1, -0.05) is 30.3 Å². The molecule has 0 saturated heterocycles. The number of aliphatic carboxylic acids is 1. The predicted octanol–water partition coefficient (Wildman–Crippen LogP) is -0.766. The Balaban J connectivity index is 2.60. The number of carboxylic acid groups (broad SMARTS) is 1. The smallest absolute Gasteiger partial charge is 0.333 e. The number of ketones is 1. The quantitative estimate of drug-likeness (QED) is 0.566. The van der Waals surface area contributed by atoms with Gasteiger partial charge in [0.05, 0.1) is 0 Å². The number of aliphatic hydroxyl groups excluding tert-OH is 1. The average Bonchev–Trinajstić information content (AvgIpc) is 2.36. The largest absolute Gasteiger partial charge is 0.479 e. The maximum atomic E-state index is 11.6. The van der Waals surface area contributed by atoms with Crippen LogP contribution < -0.4 is 4.72 Å². The lowest BCUT2D eigenvalue weighted by molar-refractivity contribution is -0.146. The molecule has 0 heterocycles. The number of sulfonamides is 1. The molecule has 3 N–H and O–H groups in total. The predicted molar refractivity (Wildman–Crippen MR) is 66.2 cm³/mol. The number of carbonyl (C=O) groups is 2. The van der Waals surface area contributed by atoms with Gasteiger partial charge >= 0.3 is 5.97 Å². The first kappa shape index (κ1) is 15.3. The molecule has 0 fully saturated rings. The molecule has 0 aliphatic carbocycles. The van der Waals surface area contributed by atoms with Crippen molar-refractivity contribution in [1.29, 1.82) is 0 Å². The van der Waals surface area contributed by atoms with E-state index in [-0.39, 0.29) is 5.56 Å². The van der Waals surface area contributed by atoms with E-state index in [9.17, 15) is 18.0 Å². The molecule has 0 bridgehead atoms. The molecule has 0 aliphatic rings. The molecule has 19 heavy (non-hydrogen) atoms. The molecule has 0 aliphatic heterocycles. The average molecular weight is 287 g/mol. The van der Waals surface area contributed by atoms with Crippen LogP contribution in [0.1, 0.15) is 10.4 Å². The highest BCUT2D eigenvalue weighted by molar-refractivity contribution is 7.90. The second kappa shape index (κ2) is 6.41. The number of rotatable bonds is 7.